The van der Waals surface area contributed by atoms with Crippen molar-refractivity contribution in [2.24, 2.45) is 0 Å². The number of nitrogens with one attached hydrogen (secondary N) is 1. The van der Waals surface area contributed by atoms with Crippen molar-refractivity contribution in [2.45, 2.75) is 13.0 Å². The maximum atomic E-state index is 4.42. The summed E-state index contributed by atoms with van der Waals surface area (Å²) in [6.07, 6.45) is 3.76. The molecule has 1 atom stereocenters. The van der Waals surface area contributed by atoms with E-state index in [-0.39, 0.29) is 6.04 Å². The number of hydrogen-bond donors (Lipinski definition) is 1. The van der Waals surface area contributed by atoms with Gasteiger partial charge in [0.15, 0.2) is 0 Å². The first-order valence-electron chi connectivity index (χ1n) is 6.72. The summed E-state index contributed by atoms with van der Waals surface area (Å²) in [7, 11) is 1.97. The first-order chi connectivity index (χ1) is 9.78. The van der Waals surface area contributed by atoms with E-state index < -0.39 is 0 Å². The fourth-order valence-corrected chi connectivity index (χ4v) is 2.44. The van der Waals surface area contributed by atoms with Crippen LogP contribution in [-0.4, -0.2) is 17.0 Å². The zero-order chi connectivity index (χ0) is 13.9. The molecule has 3 heteroatoms. The molecular weight excluding hydrogens is 246 g/mol. The van der Waals surface area contributed by atoms with Gasteiger partial charge in [0.1, 0.15) is 0 Å². The van der Waals surface area contributed by atoms with E-state index in [0.29, 0.717) is 0 Å². The van der Waals surface area contributed by atoms with Crippen LogP contribution in [0.15, 0.2) is 54.9 Å². The molecule has 1 aromatic carbocycles. The van der Waals surface area contributed by atoms with E-state index in [9.17, 15) is 0 Å². The molecule has 0 fully saturated rings. The van der Waals surface area contributed by atoms with Gasteiger partial charge in [0.25, 0.3) is 0 Å². The number of fused-ring (bicyclic) bond motifs is 1. The minimum atomic E-state index is 0.134. The van der Waals surface area contributed by atoms with Gasteiger partial charge in [-0.3, -0.25) is 9.97 Å². The fourth-order valence-electron chi connectivity index (χ4n) is 2.44. The largest absolute Gasteiger partial charge is 0.309 e. The van der Waals surface area contributed by atoms with E-state index in [0.717, 1.165) is 22.2 Å². The number of pyridine rings is 2. The van der Waals surface area contributed by atoms with Crippen molar-refractivity contribution in [2.75, 3.05) is 7.05 Å². The smallest absolute Gasteiger partial charge is 0.0705 e. The van der Waals surface area contributed by atoms with Crippen molar-refractivity contribution in [3.05, 3.63) is 71.7 Å². The molecule has 100 valence electrons. The zero-order valence-corrected chi connectivity index (χ0v) is 11.7. The maximum absolute atomic E-state index is 4.42. The Morgan fingerprint density at radius 1 is 1.00 bits per heavy atom. The van der Waals surface area contributed by atoms with Gasteiger partial charge < -0.3 is 5.32 Å². The second-order valence-corrected chi connectivity index (χ2v) is 4.91. The van der Waals surface area contributed by atoms with Crippen LogP contribution in [0.5, 0.6) is 0 Å². The average Bonchev–Trinajstić information content (AvgIpc) is 2.50. The van der Waals surface area contributed by atoms with Gasteiger partial charge in [-0.2, -0.15) is 0 Å². The van der Waals surface area contributed by atoms with Crippen LogP contribution < -0.4 is 5.32 Å². The molecule has 0 amide bonds. The standard InChI is InChI=1S/C17H17N3/c1-12-5-6-15(11-20-12)17(18-2)14-8-7-13-4-3-9-19-16(13)10-14/h3-11,17-18H,1-2H3. The quantitative estimate of drug-likeness (QED) is 0.788. The van der Waals surface area contributed by atoms with Crippen LogP contribution in [0.3, 0.4) is 0 Å². The molecule has 3 rings (SSSR count). The van der Waals surface area contributed by atoms with Crippen molar-refractivity contribution >= 4 is 10.9 Å². The number of rotatable bonds is 3. The summed E-state index contributed by atoms with van der Waals surface area (Å²) in [4.78, 5) is 8.80. The maximum Gasteiger partial charge on any atom is 0.0705 e. The van der Waals surface area contributed by atoms with E-state index in [2.05, 4.69) is 45.6 Å². The molecule has 2 aromatic heterocycles. The molecule has 0 saturated heterocycles. The summed E-state index contributed by atoms with van der Waals surface area (Å²) in [6, 6.07) is 14.7. The van der Waals surface area contributed by atoms with Gasteiger partial charge in [0.05, 0.1) is 11.6 Å². The lowest BCUT2D eigenvalue weighted by atomic mass is 9.99. The van der Waals surface area contributed by atoms with E-state index in [1.54, 1.807) is 0 Å². The number of benzene rings is 1. The van der Waals surface area contributed by atoms with E-state index in [1.165, 1.54) is 5.56 Å². The van der Waals surface area contributed by atoms with Crippen molar-refractivity contribution in [3.8, 4) is 0 Å². The minimum absolute atomic E-state index is 0.134. The zero-order valence-electron chi connectivity index (χ0n) is 11.7. The van der Waals surface area contributed by atoms with Crippen molar-refractivity contribution in [1.82, 2.24) is 15.3 Å². The Labute approximate surface area is 118 Å². The van der Waals surface area contributed by atoms with Crippen LogP contribution in [0, 0.1) is 6.92 Å². The molecule has 0 aliphatic heterocycles. The highest BCUT2D eigenvalue weighted by Crippen LogP contribution is 2.24. The summed E-state index contributed by atoms with van der Waals surface area (Å²) in [6.45, 7) is 2.00. The Morgan fingerprint density at radius 3 is 2.60 bits per heavy atom. The van der Waals surface area contributed by atoms with Crippen LogP contribution in [0.25, 0.3) is 10.9 Å². The van der Waals surface area contributed by atoms with Gasteiger partial charge in [-0.1, -0.05) is 24.3 Å². The molecule has 0 saturated carbocycles. The lowest BCUT2D eigenvalue weighted by Gasteiger charge is -2.17. The van der Waals surface area contributed by atoms with Gasteiger partial charge in [0.2, 0.25) is 0 Å². The minimum Gasteiger partial charge on any atom is -0.309 e. The summed E-state index contributed by atoms with van der Waals surface area (Å²) >= 11 is 0. The van der Waals surface area contributed by atoms with E-state index in [1.807, 2.05) is 38.5 Å². The van der Waals surface area contributed by atoms with Crippen molar-refractivity contribution in [3.63, 3.8) is 0 Å². The number of aromatic nitrogens is 2. The number of hydrogen-bond acceptors (Lipinski definition) is 3. The van der Waals surface area contributed by atoms with Crippen molar-refractivity contribution in [1.29, 1.82) is 0 Å². The second kappa shape index (κ2) is 5.39. The Bertz CT molecular complexity index is 720. The van der Waals surface area contributed by atoms with Gasteiger partial charge >= 0.3 is 0 Å². The predicted molar refractivity (Wildman–Crippen MR) is 81.6 cm³/mol. The Balaban J connectivity index is 2.04. The molecule has 20 heavy (non-hydrogen) atoms. The Morgan fingerprint density at radius 2 is 1.85 bits per heavy atom. The highest BCUT2D eigenvalue weighted by Gasteiger charge is 2.12. The topological polar surface area (TPSA) is 37.8 Å². The highest BCUT2D eigenvalue weighted by atomic mass is 14.9. The lowest BCUT2D eigenvalue weighted by Crippen LogP contribution is -2.17. The van der Waals surface area contributed by atoms with Gasteiger partial charge in [0, 0.05) is 23.5 Å². The molecule has 1 N–H and O–H groups in total. The van der Waals surface area contributed by atoms with Crippen LogP contribution in [0.4, 0.5) is 0 Å². The normalized spacial score (nSPS) is 12.5. The molecular formula is C17H17N3. The monoisotopic (exact) mass is 263 g/mol. The lowest BCUT2D eigenvalue weighted by molar-refractivity contribution is 0.689. The molecule has 0 spiro atoms. The average molecular weight is 263 g/mol. The summed E-state index contributed by atoms with van der Waals surface area (Å²) < 4.78 is 0. The first-order valence-corrected chi connectivity index (χ1v) is 6.72. The van der Waals surface area contributed by atoms with Crippen molar-refractivity contribution < 1.29 is 0 Å². The van der Waals surface area contributed by atoms with Crippen LogP contribution in [0.2, 0.25) is 0 Å². The second-order valence-electron chi connectivity index (χ2n) is 4.91. The fraction of sp³-hybridized carbons (Fsp3) is 0.176. The van der Waals surface area contributed by atoms with Gasteiger partial charge in [-0.15, -0.1) is 0 Å². The Kier molecular flexibility index (Phi) is 3.44. The van der Waals surface area contributed by atoms with Crippen LogP contribution >= 0.6 is 0 Å². The van der Waals surface area contributed by atoms with E-state index >= 15 is 0 Å². The van der Waals surface area contributed by atoms with Gasteiger partial charge in [-0.05, 0) is 43.3 Å². The highest BCUT2D eigenvalue weighted by molar-refractivity contribution is 5.79. The molecule has 2 heterocycles. The molecule has 0 bridgehead atoms. The molecule has 3 nitrogen and oxygen atoms in total. The number of nitrogens with zero attached hydrogens (tertiary/aromatic N) is 2. The summed E-state index contributed by atoms with van der Waals surface area (Å²) in [5.41, 5.74) is 4.41. The summed E-state index contributed by atoms with van der Waals surface area (Å²) in [5.74, 6) is 0. The first kappa shape index (κ1) is 12.8. The Hall–Kier alpha value is -2.26. The predicted octanol–water partition coefficient (Wildman–Crippen LogP) is 3.25. The third kappa shape index (κ3) is 2.40. The molecule has 0 radical (unpaired) electrons. The SMILES string of the molecule is CNC(c1ccc(C)nc1)c1ccc2cccnc2c1. The van der Waals surface area contributed by atoms with Crippen LogP contribution in [-0.2, 0) is 0 Å². The molecule has 0 aliphatic rings. The molecule has 1 unspecified atom stereocenters. The number of aryl methyl sites for hydroxylation is 1. The van der Waals surface area contributed by atoms with Gasteiger partial charge in [-0.25, -0.2) is 0 Å². The summed E-state index contributed by atoms with van der Waals surface area (Å²) in [5, 5.41) is 4.51. The molecule has 0 aliphatic carbocycles. The third-order valence-electron chi connectivity index (χ3n) is 3.52. The third-order valence-corrected chi connectivity index (χ3v) is 3.52. The molecule has 3 aromatic rings. The van der Waals surface area contributed by atoms with Crippen LogP contribution in [0.1, 0.15) is 22.9 Å². The van der Waals surface area contributed by atoms with E-state index in [4.69, 9.17) is 0 Å².